The molecule has 6 atom stereocenters. The van der Waals surface area contributed by atoms with Crippen molar-refractivity contribution < 1.29 is 67.5 Å². The van der Waals surface area contributed by atoms with Gasteiger partial charge in [-0.1, -0.05) is 12.1 Å². The highest BCUT2D eigenvalue weighted by molar-refractivity contribution is 6.08. The first-order chi connectivity index (χ1) is 38.1. The second-order valence-electron chi connectivity index (χ2n) is 19.3. The van der Waals surface area contributed by atoms with E-state index in [2.05, 4.69) is 20.6 Å². The summed E-state index contributed by atoms with van der Waals surface area (Å²) in [5, 5.41) is 26.7. The van der Waals surface area contributed by atoms with Gasteiger partial charge in [-0.2, -0.15) is 0 Å². The number of amides is 6. The van der Waals surface area contributed by atoms with Crippen molar-refractivity contribution in [3.8, 4) is 0 Å². The number of benzene rings is 4. The van der Waals surface area contributed by atoms with E-state index in [1.807, 2.05) is 0 Å². The van der Waals surface area contributed by atoms with Gasteiger partial charge in [-0.25, -0.2) is 9.59 Å². The molecule has 0 spiro atoms. The van der Waals surface area contributed by atoms with Gasteiger partial charge in [-0.3, -0.25) is 38.8 Å². The monoisotopic (exact) mass is 1080 g/mol. The summed E-state index contributed by atoms with van der Waals surface area (Å²) >= 11 is 0. The van der Waals surface area contributed by atoms with Gasteiger partial charge in [-0.05, 0) is 117 Å². The van der Waals surface area contributed by atoms with Crippen LogP contribution in [0.1, 0.15) is 75.6 Å². The molecule has 0 aromatic heterocycles. The number of ether oxygens (including phenoxy) is 4. The molecule has 10 rings (SSSR count). The second-order valence-corrected chi connectivity index (χ2v) is 19.3. The van der Waals surface area contributed by atoms with E-state index in [-0.39, 0.29) is 44.7 Å². The van der Waals surface area contributed by atoms with Crippen LogP contribution < -0.4 is 31.9 Å². The minimum absolute atomic E-state index is 0.0743. The van der Waals surface area contributed by atoms with Gasteiger partial charge in [0.25, 0.3) is 35.4 Å². The zero-order chi connectivity index (χ0) is 56.1. The third kappa shape index (κ3) is 11.7. The van der Waals surface area contributed by atoms with Gasteiger partial charge in [0.2, 0.25) is 0 Å². The van der Waals surface area contributed by atoms with Crippen molar-refractivity contribution >= 4 is 81.8 Å². The molecule has 0 aliphatic carbocycles. The van der Waals surface area contributed by atoms with Gasteiger partial charge in [0.1, 0.15) is 23.8 Å². The van der Waals surface area contributed by atoms with Crippen molar-refractivity contribution in [1.29, 1.82) is 0 Å². The minimum Gasteiger partial charge on any atom is -0.467 e. The van der Waals surface area contributed by atoms with E-state index in [0.29, 0.717) is 97.4 Å². The third-order valence-corrected chi connectivity index (χ3v) is 14.4. The number of esters is 2. The van der Waals surface area contributed by atoms with Crippen molar-refractivity contribution in [2.75, 3.05) is 73.5 Å². The molecule has 24 heteroatoms. The highest BCUT2D eigenvalue weighted by Crippen LogP contribution is 2.30. The lowest BCUT2D eigenvalue weighted by atomic mass is 10.1. The number of likely N-dealkylation sites (tertiary alicyclic amines) is 2. The summed E-state index contributed by atoms with van der Waals surface area (Å²) in [5.41, 5.74) is 17.2. The Morgan fingerprint density at radius 1 is 0.646 bits per heavy atom. The molecule has 79 heavy (non-hydrogen) atoms. The maximum Gasteiger partial charge on any atom is 0.328 e. The van der Waals surface area contributed by atoms with Crippen molar-refractivity contribution in [1.82, 2.24) is 9.80 Å². The molecule has 6 amide bonds. The van der Waals surface area contributed by atoms with Gasteiger partial charge in [-0.15, -0.1) is 0 Å². The number of fused-ring (bicyclic) bond motifs is 2. The number of morpholine rings is 2. The number of hydrogen-bond donors (Lipinski definition) is 6. The first-order valence-electron chi connectivity index (χ1n) is 25.8. The number of hydrogen-bond acceptors (Lipinski definition) is 18. The van der Waals surface area contributed by atoms with Crippen LogP contribution in [0.25, 0.3) is 0 Å². The van der Waals surface area contributed by atoms with E-state index >= 15 is 0 Å². The molecule has 4 aromatic rings. The molecule has 0 unspecified atom stereocenters. The number of nitrogens with one attached hydrogen (secondary N) is 2. The maximum atomic E-state index is 13.3. The number of methoxy groups -OCH3 is 1. The number of anilines is 4. The zero-order valence-electron chi connectivity index (χ0n) is 43.4. The Bertz CT molecular complexity index is 3150. The van der Waals surface area contributed by atoms with Gasteiger partial charge < -0.3 is 70.9 Å². The number of carbonyl (C=O) groups is 8. The lowest BCUT2D eigenvalue weighted by Gasteiger charge is -2.34. The van der Waals surface area contributed by atoms with Crippen LogP contribution in [0.4, 0.5) is 22.7 Å². The largest absolute Gasteiger partial charge is 0.467 e. The molecule has 24 nitrogen and oxygen atoms in total. The molecule has 4 fully saturated rings. The summed E-state index contributed by atoms with van der Waals surface area (Å²) in [6.07, 6.45) is -4.00. The van der Waals surface area contributed by atoms with Crippen molar-refractivity contribution in [3.63, 3.8) is 0 Å². The van der Waals surface area contributed by atoms with Gasteiger partial charge in [0, 0.05) is 71.2 Å². The number of aliphatic hydroxyl groups is 2. The van der Waals surface area contributed by atoms with Crippen LogP contribution >= 0.6 is 0 Å². The van der Waals surface area contributed by atoms with Crippen molar-refractivity contribution in [3.05, 3.63) is 118 Å². The third-order valence-electron chi connectivity index (χ3n) is 14.4. The summed E-state index contributed by atoms with van der Waals surface area (Å²) in [5.74, 6) is -3.54. The van der Waals surface area contributed by atoms with Crippen LogP contribution in [0, 0.1) is 0 Å². The Kier molecular flexibility index (Phi) is 16.7. The Labute approximate surface area is 453 Å². The number of aliphatic imine (C=N–C) groups is 2. The second kappa shape index (κ2) is 24.0. The molecule has 6 heterocycles. The summed E-state index contributed by atoms with van der Waals surface area (Å²) in [6, 6.07) is 21.8. The molecule has 4 saturated heterocycles. The zero-order valence-corrected chi connectivity index (χ0v) is 43.4. The van der Waals surface area contributed by atoms with Crippen molar-refractivity contribution in [2.45, 2.75) is 82.2 Å². The molecule has 6 aliphatic heterocycles. The van der Waals surface area contributed by atoms with E-state index in [1.165, 1.54) is 26.7 Å². The number of aliphatic hydroxyl groups excluding tert-OH is 2. The summed E-state index contributed by atoms with van der Waals surface area (Å²) in [4.78, 5) is 117. The average molecular weight is 1090 g/mol. The fourth-order valence-corrected chi connectivity index (χ4v) is 10.3. The van der Waals surface area contributed by atoms with E-state index in [0.717, 1.165) is 22.3 Å². The predicted octanol–water partition coefficient (Wildman–Crippen LogP) is 1.22. The van der Waals surface area contributed by atoms with Gasteiger partial charge >= 0.3 is 11.9 Å². The highest BCUT2D eigenvalue weighted by atomic mass is 16.5. The molecular formula is C55H60N10O14. The van der Waals surface area contributed by atoms with Crippen LogP contribution in [0.3, 0.4) is 0 Å². The van der Waals surface area contributed by atoms with Gasteiger partial charge in [0.05, 0.1) is 40.0 Å². The number of carbonyl (C=O) groups excluding carboxylic acids is 8. The average Bonchev–Trinajstić information content (AvgIpc) is 4.34. The SMILES string of the molecule is CCOC(=O)[C@@H]1CCCN1C(=O)c1cccc(N2CCO[C@H]([C@@H](O)C(=O)Nc3ccc4c(c3)CN=C4N)C2=O)c1.COC(=O)[C@@H]1CCCN1C(=O)c1cccc(N2CCO[C@H]([C@@H](O)C(=O)Nc3ccc4c(c3)CN=C4N)C2=O)c1. The molecule has 8 N–H and O–H groups in total. The standard InChI is InChI=1S/C28H31N5O7.C27H29N5O7/c1-2-39-28(38)21-7-4-10-33(21)26(36)16-5-3-6-19(14-16)32-11-12-40-23(27(32)37)22(34)25(35)31-18-8-9-20-17(13-18)15-30-24(20)29;1-38-27(37)20-6-3-9-32(20)25(35)15-4-2-5-18(13-15)31-10-11-39-22(26(31)36)21(33)24(34)30-17-7-8-19-16(12-17)14-29-23(19)28/h3,5-6,8-9,13-14,21-23,34H,2,4,7,10-12,15H2,1H3,(H2,29,30)(H,31,35);2,4-5,7-8,12-13,20-22,33H,3,6,9-11,14H2,1H3,(H2,28,29)(H,30,34)/t21-,22+,23+;20-,21+,22+/m00/s1. The molecular weight excluding hydrogens is 1020 g/mol. The summed E-state index contributed by atoms with van der Waals surface area (Å²) in [7, 11) is 1.29. The van der Waals surface area contributed by atoms with Crippen LogP contribution in [-0.4, -0.2) is 169 Å². The van der Waals surface area contributed by atoms with Gasteiger partial charge in [0.15, 0.2) is 24.4 Å². The number of nitrogens with zero attached hydrogens (tertiary/aromatic N) is 6. The Morgan fingerprint density at radius 3 is 1.52 bits per heavy atom. The molecule has 4 aromatic carbocycles. The number of rotatable bonds is 13. The lowest BCUT2D eigenvalue weighted by molar-refractivity contribution is -0.150. The first-order valence-corrected chi connectivity index (χ1v) is 25.8. The Balaban J connectivity index is 0.000000192. The lowest BCUT2D eigenvalue weighted by Crippen LogP contribution is -2.55. The topological polar surface area (TPSA) is 328 Å². The Hall–Kier alpha value is -8.58. The maximum absolute atomic E-state index is 13.3. The molecule has 0 saturated carbocycles. The van der Waals surface area contributed by atoms with Crippen LogP contribution in [0.2, 0.25) is 0 Å². The highest BCUT2D eigenvalue weighted by Gasteiger charge is 2.42. The van der Waals surface area contributed by atoms with E-state index in [1.54, 1.807) is 91.9 Å². The smallest absolute Gasteiger partial charge is 0.328 e. The molecule has 6 aliphatic rings. The molecule has 0 bridgehead atoms. The molecule has 414 valence electrons. The van der Waals surface area contributed by atoms with Crippen LogP contribution in [0.15, 0.2) is 94.9 Å². The number of nitrogens with two attached hydrogens (primary N) is 2. The van der Waals surface area contributed by atoms with Crippen LogP contribution in [-0.2, 0) is 60.8 Å². The summed E-state index contributed by atoms with van der Waals surface area (Å²) < 4.78 is 21.0. The Morgan fingerprint density at radius 2 is 1.09 bits per heavy atom. The van der Waals surface area contributed by atoms with E-state index < -0.39 is 72.1 Å². The fourth-order valence-electron chi connectivity index (χ4n) is 10.3. The molecule has 0 radical (unpaired) electrons. The number of amidine groups is 2. The van der Waals surface area contributed by atoms with Crippen LogP contribution in [0.5, 0.6) is 0 Å². The predicted molar refractivity (Wildman–Crippen MR) is 285 cm³/mol. The van der Waals surface area contributed by atoms with E-state index in [4.69, 9.17) is 30.4 Å². The minimum atomic E-state index is -1.77. The summed E-state index contributed by atoms with van der Waals surface area (Å²) in [6.45, 7) is 4.08. The van der Waals surface area contributed by atoms with E-state index in [9.17, 15) is 48.6 Å². The quantitative estimate of drug-likeness (QED) is 0.103. The fraction of sp³-hybridized carbons (Fsp3) is 0.382. The normalized spacial score (nSPS) is 21.2. The first kappa shape index (κ1) is 55.2. The van der Waals surface area contributed by atoms with Crippen molar-refractivity contribution in [2.24, 2.45) is 21.5 Å².